The van der Waals surface area contributed by atoms with Gasteiger partial charge in [-0.1, -0.05) is 24.3 Å². The van der Waals surface area contributed by atoms with Crippen molar-refractivity contribution in [1.82, 2.24) is 25.0 Å². The van der Waals surface area contributed by atoms with Crippen molar-refractivity contribution in [1.29, 1.82) is 0 Å². The third-order valence-corrected chi connectivity index (χ3v) is 4.51. The third-order valence-electron chi connectivity index (χ3n) is 4.51. The lowest BCUT2D eigenvalue weighted by Crippen LogP contribution is -2.45. The van der Waals surface area contributed by atoms with Crippen molar-refractivity contribution >= 4 is 6.03 Å². The molecule has 1 atom stereocenters. The van der Waals surface area contributed by atoms with Crippen LogP contribution in [0, 0.1) is 6.92 Å². The fourth-order valence-corrected chi connectivity index (χ4v) is 3.13. The molecule has 1 aliphatic heterocycles. The minimum atomic E-state index is 0.000112. The van der Waals surface area contributed by atoms with Gasteiger partial charge in [0.25, 0.3) is 0 Å². The Balaban J connectivity index is 1.59. The highest BCUT2D eigenvalue weighted by Gasteiger charge is 2.27. The fraction of sp³-hybridized carbons (Fsp3) is 0.471. The van der Waals surface area contributed by atoms with Gasteiger partial charge in [-0.05, 0) is 30.9 Å². The number of aryl methyl sites for hydroxylation is 2. The Hall–Kier alpha value is -2.37. The molecule has 0 bridgehead atoms. The number of likely N-dealkylation sites (tertiary alicyclic amines) is 1. The molecule has 6 nitrogen and oxygen atoms in total. The molecular weight excluding hydrogens is 290 g/mol. The Bertz CT molecular complexity index is 681. The monoisotopic (exact) mass is 313 g/mol. The average Bonchev–Trinajstić information content (AvgIpc) is 3.00. The fourth-order valence-electron chi connectivity index (χ4n) is 3.13. The molecule has 3 rings (SSSR count). The summed E-state index contributed by atoms with van der Waals surface area (Å²) < 4.78 is 1.94. The summed E-state index contributed by atoms with van der Waals surface area (Å²) in [6.45, 7) is 4.13. The first-order valence-corrected chi connectivity index (χ1v) is 8.06. The van der Waals surface area contributed by atoms with Gasteiger partial charge in [0.15, 0.2) is 0 Å². The van der Waals surface area contributed by atoms with Crippen LogP contribution in [0.5, 0.6) is 0 Å². The smallest absolute Gasteiger partial charge is 0.317 e. The molecule has 23 heavy (non-hydrogen) atoms. The molecule has 1 aromatic heterocycles. The molecule has 2 heterocycles. The lowest BCUT2D eigenvalue weighted by molar-refractivity contribution is 0.177. The normalized spacial score (nSPS) is 18.0. The number of benzene rings is 1. The lowest BCUT2D eigenvalue weighted by atomic mass is 9.97. The molecule has 0 spiro atoms. The van der Waals surface area contributed by atoms with Gasteiger partial charge in [-0.15, -0.1) is 10.2 Å². The number of aromatic nitrogens is 3. The molecule has 0 saturated carbocycles. The van der Waals surface area contributed by atoms with E-state index < -0.39 is 0 Å². The zero-order valence-electron chi connectivity index (χ0n) is 13.7. The van der Waals surface area contributed by atoms with Crippen molar-refractivity contribution in [2.75, 3.05) is 13.1 Å². The second-order valence-electron chi connectivity index (χ2n) is 6.17. The summed E-state index contributed by atoms with van der Waals surface area (Å²) in [6, 6.07) is 8.12. The molecule has 0 unspecified atom stereocenters. The molecule has 2 aromatic rings. The molecule has 122 valence electrons. The highest BCUT2D eigenvalue weighted by molar-refractivity contribution is 5.74. The van der Waals surface area contributed by atoms with Crippen LogP contribution in [0.3, 0.4) is 0 Å². The van der Waals surface area contributed by atoms with Crippen LogP contribution < -0.4 is 5.32 Å². The maximum Gasteiger partial charge on any atom is 0.317 e. The minimum absolute atomic E-state index is 0.000112. The second-order valence-corrected chi connectivity index (χ2v) is 6.17. The molecule has 2 amide bonds. The predicted octanol–water partition coefficient (Wildman–Crippen LogP) is 2.21. The Morgan fingerprint density at radius 3 is 2.96 bits per heavy atom. The van der Waals surface area contributed by atoms with Gasteiger partial charge in [0.2, 0.25) is 0 Å². The molecule has 1 aliphatic rings. The number of piperidine rings is 1. The Morgan fingerprint density at radius 2 is 2.22 bits per heavy atom. The largest absolute Gasteiger partial charge is 0.334 e. The van der Waals surface area contributed by atoms with Crippen molar-refractivity contribution in [2.24, 2.45) is 7.05 Å². The molecular formula is C17H23N5O. The van der Waals surface area contributed by atoms with Gasteiger partial charge >= 0.3 is 6.03 Å². The first-order chi connectivity index (χ1) is 11.1. The molecule has 0 aliphatic carbocycles. The number of hydrogen-bond acceptors (Lipinski definition) is 3. The summed E-state index contributed by atoms with van der Waals surface area (Å²) in [5.74, 6) is 1.22. The number of amides is 2. The molecule has 1 aromatic carbocycles. The number of carbonyl (C=O) groups excluding carboxylic acids is 1. The van der Waals surface area contributed by atoms with E-state index in [1.54, 1.807) is 6.33 Å². The highest BCUT2D eigenvalue weighted by atomic mass is 16.2. The number of rotatable bonds is 3. The first-order valence-electron chi connectivity index (χ1n) is 8.06. The molecule has 1 fully saturated rings. The van der Waals surface area contributed by atoms with Crippen molar-refractivity contribution in [3.05, 3.63) is 47.5 Å². The number of urea groups is 1. The van der Waals surface area contributed by atoms with Crippen LogP contribution >= 0.6 is 0 Å². The Morgan fingerprint density at radius 1 is 1.39 bits per heavy atom. The van der Waals surface area contributed by atoms with Crippen molar-refractivity contribution < 1.29 is 4.79 Å². The van der Waals surface area contributed by atoms with Gasteiger partial charge in [0.05, 0.1) is 0 Å². The van der Waals surface area contributed by atoms with Crippen LogP contribution in [0.25, 0.3) is 0 Å². The van der Waals surface area contributed by atoms with Gasteiger partial charge in [-0.2, -0.15) is 0 Å². The zero-order valence-corrected chi connectivity index (χ0v) is 13.7. The first kappa shape index (κ1) is 15.5. The van der Waals surface area contributed by atoms with E-state index in [1.165, 1.54) is 5.56 Å². The van der Waals surface area contributed by atoms with E-state index in [-0.39, 0.29) is 11.9 Å². The van der Waals surface area contributed by atoms with Crippen molar-refractivity contribution in [3.63, 3.8) is 0 Å². The standard InChI is InChI=1S/C17H23N5O/c1-13-6-3-4-7-14(13)10-18-17(23)22-9-5-8-15(11-22)16-20-19-12-21(16)2/h3-4,6-7,12,15H,5,8-11H2,1-2H3,(H,18,23)/t15-/m0/s1. The Kier molecular flexibility index (Phi) is 4.60. The molecule has 1 saturated heterocycles. The third kappa shape index (κ3) is 3.52. The van der Waals surface area contributed by atoms with E-state index in [4.69, 9.17) is 0 Å². The summed E-state index contributed by atoms with van der Waals surface area (Å²) in [7, 11) is 1.95. The molecule has 1 N–H and O–H groups in total. The van der Waals surface area contributed by atoms with Crippen LogP contribution in [-0.2, 0) is 13.6 Å². The van der Waals surface area contributed by atoms with E-state index in [1.807, 2.05) is 34.7 Å². The summed E-state index contributed by atoms with van der Waals surface area (Å²) >= 11 is 0. The maximum absolute atomic E-state index is 12.5. The SMILES string of the molecule is Cc1ccccc1CNC(=O)N1CCC[C@H](c2nncn2C)C1. The number of hydrogen-bond donors (Lipinski definition) is 1. The van der Waals surface area contributed by atoms with E-state index in [9.17, 15) is 4.79 Å². The van der Waals surface area contributed by atoms with Crippen LogP contribution in [-0.4, -0.2) is 38.8 Å². The lowest BCUT2D eigenvalue weighted by Gasteiger charge is -2.32. The van der Waals surface area contributed by atoms with Crippen LogP contribution in [0.15, 0.2) is 30.6 Å². The van der Waals surface area contributed by atoms with Crippen molar-refractivity contribution in [2.45, 2.75) is 32.2 Å². The maximum atomic E-state index is 12.5. The number of nitrogens with zero attached hydrogens (tertiary/aromatic N) is 4. The summed E-state index contributed by atoms with van der Waals surface area (Å²) in [4.78, 5) is 14.3. The molecule has 0 radical (unpaired) electrons. The van der Waals surface area contributed by atoms with E-state index >= 15 is 0 Å². The van der Waals surface area contributed by atoms with Gasteiger partial charge < -0.3 is 14.8 Å². The van der Waals surface area contributed by atoms with E-state index in [0.29, 0.717) is 13.1 Å². The predicted molar refractivity (Wildman–Crippen MR) is 88.0 cm³/mol. The summed E-state index contributed by atoms with van der Waals surface area (Å²) in [6.07, 6.45) is 3.76. The van der Waals surface area contributed by atoms with E-state index in [0.717, 1.165) is 30.8 Å². The van der Waals surface area contributed by atoms with Crippen molar-refractivity contribution in [3.8, 4) is 0 Å². The average molecular weight is 313 g/mol. The van der Waals surface area contributed by atoms with Crippen LogP contribution in [0.2, 0.25) is 0 Å². The quantitative estimate of drug-likeness (QED) is 0.945. The van der Waals surface area contributed by atoms with Crippen LogP contribution in [0.4, 0.5) is 4.79 Å². The van der Waals surface area contributed by atoms with E-state index in [2.05, 4.69) is 28.5 Å². The second kappa shape index (κ2) is 6.81. The Labute approximate surface area is 136 Å². The van der Waals surface area contributed by atoms with Gasteiger partial charge in [0, 0.05) is 32.6 Å². The van der Waals surface area contributed by atoms with Gasteiger partial charge in [-0.25, -0.2) is 4.79 Å². The molecule has 6 heteroatoms. The number of nitrogens with one attached hydrogen (secondary N) is 1. The highest BCUT2D eigenvalue weighted by Crippen LogP contribution is 2.25. The van der Waals surface area contributed by atoms with Crippen LogP contribution in [0.1, 0.15) is 35.7 Å². The summed E-state index contributed by atoms with van der Waals surface area (Å²) in [5.41, 5.74) is 2.35. The zero-order chi connectivity index (χ0) is 16.2. The van der Waals surface area contributed by atoms with Gasteiger partial charge in [0.1, 0.15) is 12.2 Å². The summed E-state index contributed by atoms with van der Waals surface area (Å²) in [5, 5.41) is 11.2. The number of carbonyl (C=O) groups is 1. The minimum Gasteiger partial charge on any atom is -0.334 e. The van der Waals surface area contributed by atoms with Gasteiger partial charge in [-0.3, -0.25) is 0 Å². The topological polar surface area (TPSA) is 63.1 Å².